The molecule has 1 amide bonds. The lowest BCUT2D eigenvalue weighted by atomic mass is 10.0. The first-order valence-electron chi connectivity index (χ1n) is 8.48. The molecule has 4 nitrogen and oxygen atoms in total. The van der Waals surface area contributed by atoms with Gasteiger partial charge in [0, 0.05) is 39.1 Å². The van der Waals surface area contributed by atoms with Gasteiger partial charge < -0.3 is 10.0 Å². The first-order chi connectivity index (χ1) is 10.7. The maximum Gasteiger partial charge on any atom is 0.418 e. The Morgan fingerprint density at radius 2 is 1.74 bits per heavy atom. The number of carbonyl (C=O) groups is 1. The molecule has 0 aromatic heterocycles. The van der Waals surface area contributed by atoms with Crippen molar-refractivity contribution in [2.24, 2.45) is 5.92 Å². The molecule has 1 aliphatic heterocycles. The van der Waals surface area contributed by atoms with E-state index in [1.807, 2.05) is 0 Å². The number of β-amino-alcohol motifs (C(OH)–C–C–N with tert-alkyl or cyclic N) is 1. The Labute approximate surface area is 135 Å². The molecule has 1 heterocycles. The van der Waals surface area contributed by atoms with Crippen LogP contribution in [0.25, 0.3) is 0 Å². The summed E-state index contributed by atoms with van der Waals surface area (Å²) in [5, 5.41) is 9.61. The monoisotopic (exact) mass is 336 g/mol. The van der Waals surface area contributed by atoms with Crippen LogP contribution in [0.5, 0.6) is 0 Å². The summed E-state index contributed by atoms with van der Waals surface area (Å²) in [5.41, 5.74) is -2.71. The van der Waals surface area contributed by atoms with Crippen LogP contribution in [0.3, 0.4) is 0 Å². The first kappa shape index (κ1) is 18.5. The van der Waals surface area contributed by atoms with Crippen molar-refractivity contribution in [1.29, 1.82) is 0 Å². The number of hydrogen-bond donors (Lipinski definition) is 1. The molecular formula is C16H27F3N2O2. The summed E-state index contributed by atoms with van der Waals surface area (Å²) in [4.78, 5) is 15.7. The second-order valence-corrected chi connectivity index (χ2v) is 7.14. The summed E-state index contributed by atoms with van der Waals surface area (Å²) < 4.78 is 38.3. The Morgan fingerprint density at radius 3 is 2.35 bits per heavy atom. The van der Waals surface area contributed by atoms with Crippen molar-refractivity contribution >= 4 is 5.91 Å². The van der Waals surface area contributed by atoms with Crippen molar-refractivity contribution in [2.45, 2.75) is 57.2 Å². The van der Waals surface area contributed by atoms with Gasteiger partial charge in [0.05, 0.1) is 0 Å². The second kappa shape index (κ2) is 7.38. The lowest BCUT2D eigenvalue weighted by molar-refractivity contribution is -0.257. The normalized spacial score (nSPS) is 24.5. The molecule has 0 spiro atoms. The summed E-state index contributed by atoms with van der Waals surface area (Å²) in [6.07, 6.45) is 1.18. The lowest BCUT2D eigenvalue weighted by Crippen LogP contribution is -2.52. The first-order valence-corrected chi connectivity index (χ1v) is 8.48. The zero-order chi connectivity index (χ0) is 17.1. The van der Waals surface area contributed by atoms with E-state index >= 15 is 0 Å². The fraction of sp³-hybridized carbons (Fsp3) is 0.938. The SMILES string of the molecule is C[C@](O)(CN1CCCN(C(=O)CC2CCCC2)CC1)C(F)(F)F. The number of hydrogen-bond acceptors (Lipinski definition) is 3. The van der Waals surface area contributed by atoms with Gasteiger partial charge in [-0.2, -0.15) is 13.2 Å². The van der Waals surface area contributed by atoms with Crippen LogP contribution in [-0.4, -0.2) is 65.3 Å². The molecule has 0 aromatic rings. The predicted octanol–water partition coefficient (Wildman–Crippen LogP) is 2.41. The molecule has 0 radical (unpaired) electrons. The molecule has 2 aliphatic rings. The van der Waals surface area contributed by atoms with Crippen LogP contribution in [-0.2, 0) is 4.79 Å². The third-order valence-electron chi connectivity index (χ3n) is 5.02. The number of alkyl halides is 3. The van der Waals surface area contributed by atoms with Gasteiger partial charge in [-0.15, -0.1) is 0 Å². The van der Waals surface area contributed by atoms with E-state index in [9.17, 15) is 23.1 Å². The lowest BCUT2D eigenvalue weighted by Gasteiger charge is -2.32. The molecule has 7 heteroatoms. The third-order valence-corrected chi connectivity index (χ3v) is 5.02. The number of carbonyl (C=O) groups excluding carboxylic acids is 1. The summed E-state index contributed by atoms with van der Waals surface area (Å²) in [6.45, 7) is 2.25. The largest absolute Gasteiger partial charge is 0.418 e. The van der Waals surface area contributed by atoms with E-state index in [4.69, 9.17) is 0 Å². The highest BCUT2D eigenvalue weighted by atomic mass is 19.4. The van der Waals surface area contributed by atoms with Gasteiger partial charge in [-0.3, -0.25) is 9.69 Å². The third kappa shape index (κ3) is 5.08. The van der Waals surface area contributed by atoms with Gasteiger partial charge in [0.2, 0.25) is 5.91 Å². The van der Waals surface area contributed by atoms with Gasteiger partial charge >= 0.3 is 6.18 Å². The van der Waals surface area contributed by atoms with Gasteiger partial charge in [0.15, 0.2) is 5.60 Å². The van der Waals surface area contributed by atoms with Gasteiger partial charge in [0.1, 0.15) is 0 Å². The number of amides is 1. The van der Waals surface area contributed by atoms with Gasteiger partial charge in [0.25, 0.3) is 0 Å². The number of halogens is 3. The summed E-state index contributed by atoms with van der Waals surface area (Å²) in [5.74, 6) is 0.606. The molecule has 2 fully saturated rings. The standard InChI is InChI=1S/C16H27F3N2O2/c1-15(23,16(17,18)19)12-20-7-4-8-21(10-9-20)14(22)11-13-5-2-3-6-13/h13,23H,2-12H2,1H3/t15-/m0/s1. The van der Waals surface area contributed by atoms with Crippen LogP contribution in [0.4, 0.5) is 13.2 Å². The fourth-order valence-electron chi connectivity index (χ4n) is 3.49. The van der Waals surface area contributed by atoms with Gasteiger partial charge in [-0.25, -0.2) is 0 Å². The van der Waals surface area contributed by atoms with Gasteiger partial charge in [-0.05, 0) is 32.1 Å². The van der Waals surface area contributed by atoms with Crippen LogP contribution < -0.4 is 0 Å². The van der Waals surface area contributed by atoms with Crippen molar-refractivity contribution in [3.05, 3.63) is 0 Å². The molecule has 0 unspecified atom stereocenters. The molecule has 134 valence electrons. The van der Waals surface area contributed by atoms with E-state index in [2.05, 4.69) is 0 Å². The highest BCUT2D eigenvalue weighted by molar-refractivity contribution is 5.76. The highest BCUT2D eigenvalue weighted by Gasteiger charge is 2.50. The summed E-state index contributed by atoms with van der Waals surface area (Å²) in [6, 6.07) is 0. The fourth-order valence-corrected chi connectivity index (χ4v) is 3.49. The maximum atomic E-state index is 12.8. The van der Waals surface area contributed by atoms with Crippen molar-refractivity contribution < 1.29 is 23.1 Å². The summed E-state index contributed by atoms with van der Waals surface area (Å²) in [7, 11) is 0. The van der Waals surface area contributed by atoms with E-state index in [1.165, 1.54) is 12.8 Å². The average Bonchev–Trinajstić information content (AvgIpc) is 2.82. The van der Waals surface area contributed by atoms with Crippen LogP contribution in [0, 0.1) is 5.92 Å². The van der Waals surface area contributed by atoms with E-state index in [0.29, 0.717) is 44.9 Å². The Bertz CT molecular complexity index is 407. The molecule has 23 heavy (non-hydrogen) atoms. The highest BCUT2D eigenvalue weighted by Crippen LogP contribution is 2.31. The Kier molecular flexibility index (Phi) is 5.94. The van der Waals surface area contributed by atoms with Gasteiger partial charge in [-0.1, -0.05) is 12.8 Å². The number of nitrogens with zero attached hydrogens (tertiary/aromatic N) is 2. The minimum absolute atomic E-state index is 0.126. The number of aliphatic hydroxyl groups is 1. The topological polar surface area (TPSA) is 43.8 Å². The summed E-state index contributed by atoms with van der Waals surface area (Å²) >= 11 is 0. The van der Waals surface area contributed by atoms with Crippen molar-refractivity contribution in [1.82, 2.24) is 9.80 Å². The minimum Gasteiger partial charge on any atom is -0.380 e. The Morgan fingerprint density at radius 1 is 1.09 bits per heavy atom. The minimum atomic E-state index is -4.64. The molecule has 2 rings (SSSR count). The molecule has 1 N–H and O–H groups in total. The number of rotatable bonds is 4. The van der Waals surface area contributed by atoms with E-state index in [-0.39, 0.29) is 5.91 Å². The smallest absolute Gasteiger partial charge is 0.380 e. The zero-order valence-corrected chi connectivity index (χ0v) is 13.7. The molecule has 1 saturated heterocycles. The van der Waals surface area contributed by atoms with Crippen LogP contribution in [0.2, 0.25) is 0 Å². The maximum absolute atomic E-state index is 12.8. The molecule has 1 atom stereocenters. The average molecular weight is 336 g/mol. The Balaban J connectivity index is 1.83. The zero-order valence-electron chi connectivity index (χ0n) is 13.7. The Hall–Kier alpha value is -0.820. The second-order valence-electron chi connectivity index (χ2n) is 7.14. The van der Waals surface area contributed by atoms with Crippen LogP contribution in [0.1, 0.15) is 45.4 Å². The molecular weight excluding hydrogens is 309 g/mol. The molecule has 1 aliphatic carbocycles. The molecule has 0 bridgehead atoms. The molecule has 1 saturated carbocycles. The quantitative estimate of drug-likeness (QED) is 0.857. The van der Waals surface area contributed by atoms with E-state index in [1.54, 1.807) is 9.80 Å². The van der Waals surface area contributed by atoms with Crippen LogP contribution in [0.15, 0.2) is 0 Å². The van der Waals surface area contributed by atoms with Crippen molar-refractivity contribution in [3.8, 4) is 0 Å². The van der Waals surface area contributed by atoms with Crippen molar-refractivity contribution in [2.75, 3.05) is 32.7 Å². The van der Waals surface area contributed by atoms with Crippen molar-refractivity contribution in [3.63, 3.8) is 0 Å². The van der Waals surface area contributed by atoms with E-state index in [0.717, 1.165) is 19.8 Å². The van der Waals surface area contributed by atoms with E-state index < -0.39 is 18.3 Å². The molecule has 0 aromatic carbocycles. The predicted molar refractivity (Wildman–Crippen MR) is 80.9 cm³/mol. The van der Waals surface area contributed by atoms with Crippen LogP contribution >= 0.6 is 0 Å².